The highest BCUT2D eigenvalue weighted by molar-refractivity contribution is 8.23. The van der Waals surface area contributed by atoms with Crippen LogP contribution in [0.15, 0.2) is 72.8 Å². The summed E-state index contributed by atoms with van der Waals surface area (Å²) in [5.74, 6) is 2.43. The first-order chi connectivity index (χ1) is 18.1. The summed E-state index contributed by atoms with van der Waals surface area (Å²) in [6.45, 7) is 1.65. The van der Waals surface area contributed by atoms with Gasteiger partial charge in [-0.1, -0.05) is 84.6 Å². The maximum Gasteiger partial charge on any atom is 0.263 e. The van der Waals surface area contributed by atoms with Gasteiger partial charge in [0.15, 0.2) is 11.5 Å². The topological polar surface area (TPSA) is 59.1 Å². The molecule has 2 aliphatic rings. The number of carbonyl (C=O) groups excluding carboxylic acids is 2. The Balaban J connectivity index is 1.57. The summed E-state index contributed by atoms with van der Waals surface area (Å²) in [6.07, 6.45) is 0. The van der Waals surface area contributed by atoms with E-state index in [0.717, 1.165) is 22.6 Å². The normalized spacial score (nSPS) is 15.2. The molecule has 3 aromatic rings. The third kappa shape index (κ3) is 5.95. The van der Waals surface area contributed by atoms with E-state index in [2.05, 4.69) is 0 Å². The average molecular weight is 551 g/mol. The molecule has 2 fully saturated rings. The third-order valence-corrected chi connectivity index (χ3v) is 8.46. The van der Waals surface area contributed by atoms with Crippen LogP contribution in [-0.2, 0) is 13.2 Å². The van der Waals surface area contributed by atoms with Crippen LogP contribution in [0.1, 0.15) is 31.8 Å². The first kappa shape index (κ1) is 25.6. The Hall–Kier alpha value is -3.01. The van der Waals surface area contributed by atoms with Crippen molar-refractivity contribution in [2.24, 2.45) is 0 Å². The van der Waals surface area contributed by atoms with E-state index in [9.17, 15) is 9.59 Å². The Bertz CT molecular complexity index is 1280. The number of ether oxygens (including phenoxy) is 2. The van der Waals surface area contributed by atoms with Crippen LogP contribution in [0, 0.1) is 0 Å². The van der Waals surface area contributed by atoms with E-state index in [-0.39, 0.29) is 36.5 Å². The number of nitrogens with zero attached hydrogens (tertiary/aromatic N) is 2. The standard InChI is InChI=1S/C28H26N2O4S3/c31-26(29-13-15-36-19-29)22-11-12-23(27(32)30-14-16-37-28(30)35)25(34-18-21-9-5-2-6-10-21)24(22)33-17-20-7-3-1-4-8-20/h1-12H,13-19H2. The lowest BCUT2D eigenvalue weighted by molar-refractivity contribution is 0.0792. The minimum absolute atomic E-state index is 0.135. The molecule has 2 heterocycles. The molecule has 37 heavy (non-hydrogen) atoms. The zero-order valence-corrected chi connectivity index (χ0v) is 22.6. The largest absolute Gasteiger partial charge is 0.484 e. The zero-order chi connectivity index (χ0) is 25.6. The molecule has 0 atom stereocenters. The molecule has 190 valence electrons. The van der Waals surface area contributed by atoms with Crippen molar-refractivity contribution in [2.75, 3.05) is 30.5 Å². The molecule has 0 bridgehead atoms. The lowest BCUT2D eigenvalue weighted by Gasteiger charge is -2.23. The van der Waals surface area contributed by atoms with Gasteiger partial charge < -0.3 is 14.4 Å². The van der Waals surface area contributed by atoms with Crippen molar-refractivity contribution in [1.29, 1.82) is 0 Å². The Morgan fingerprint density at radius 3 is 1.81 bits per heavy atom. The monoisotopic (exact) mass is 550 g/mol. The van der Waals surface area contributed by atoms with Crippen molar-refractivity contribution in [3.63, 3.8) is 0 Å². The Labute approximate surface area is 230 Å². The molecule has 2 amide bonds. The fourth-order valence-electron chi connectivity index (χ4n) is 4.11. The van der Waals surface area contributed by atoms with Crippen molar-refractivity contribution in [1.82, 2.24) is 9.80 Å². The summed E-state index contributed by atoms with van der Waals surface area (Å²) in [5, 5.41) is 0. The lowest BCUT2D eigenvalue weighted by atomic mass is 10.1. The van der Waals surface area contributed by atoms with Crippen molar-refractivity contribution in [2.45, 2.75) is 13.2 Å². The van der Waals surface area contributed by atoms with Crippen LogP contribution in [-0.4, -0.2) is 56.4 Å². The fourth-order valence-corrected chi connectivity index (χ4v) is 6.26. The van der Waals surface area contributed by atoms with Gasteiger partial charge in [0.25, 0.3) is 11.8 Å². The van der Waals surface area contributed by atoms with Gasteiger partial charge in [0, 0.05) is 24.6 Å². The van der Waals surface area contributed by atoms with Crippen molar-refractivity contribution >= 4 is 51.9 Å². The van der Waals surface area contributed by atoms with Crippen molar-refractivity contribution in [3.05, 3.63) is 95.1 Å². The van der Waals surface area contributed by atoms with E-state index in [4.69, 9.17) is 21.7 Å². The van der Waals surface area contributed by atoms with E-state index in [0.29, 0.717) is 34.4 Å². The second-order valence-electron chi connectivity index (χ2n) is 8.54. The lowest BCUT2D eigenvalue weighted by Crippen LogP contribution is -2.32. The van der Waals surface area contributed by atoms with E-state index >= 15 is 0 Å². The number of rotatable bonds is 8. The van der Waals surface area contributed by atoms with E-state index in [1.807, 2.05) is 60.7 Å². The summed E-state index contributed by atoms with van der Waals surface area (Å²) >= 11 is 8.62. The quantitative estimate of drug-likeness (QED) is 0.345. The molecule has 0 saturated carbocycles. The molecule has 2 saturated heterocycles. The van der Waals surface area contributed by atoms with Crippen LogP contribution in [0.3, 0.4) is 0 Å². The number of hydrogen-bond donors (Lipinski definition) is 0. The van der Waals surface area contributed by atoms with Gasteiger partial charge >= 0.3 is 0 Å². The summed E-state index contributed by atoms with van der Waals surface area (Å²) < 4.78 is 13.2. The van der Waals surface area contributed by atoms with Gasteiger partial charge in [0.1, 0.15) is 17.5 Å². The van der Waals surface area contributed by atoms with E-state index in [1.54, 1.807) is 33.7 Å². The van der Waals surface area contributed by atoms with Gasteiger partial charge in [-0.25, -0.2) is 0 Å². The van der Waals surface area contributed by atoms with Crippen molar-refractivity contribution < 1.29 is 19.1 Å². The van der Waals surface area contributed by atoms with Crippen LogP contribution >= 0.6 is 35.7 Å². The molecule has 0 aromatic heterocycles. The predicted molar refractivity (Wildman–Crippen MR) is 152 cm³/mol. The van der Waals surface area contributed by atoms with Gasteiger partial charge in [0.2, 0.25) is 0 Å². The predicted octanol–water partition coefficient (Wildman–Crippen LogP) is 5.47. The average Bonchev–Trinajstić information content (AvgIpc) is 3.63. The maximum atomic E-state index is 13.6. The summed E-state index contributed by atoms with van der Waals surface area (Å²) in [5.41, 5.74) is 2.60. The first-order valence-corrected chi connectivity index (χ1v) is 14.5. The molecule has 6 nitrogen and oxygen atoms in total. The molecule has 0 N–H and O–H groups in total. The third-order valence-electron chi connectivity index (χ3n) is 6.07. The molecule has 0 spiro atoms. The highest BCUT2D eigenvalue weighted by atomic mass is 32.2. The minimum Gasteiger partial charge on any atom is -0.484 e. The Kier molecular flexibility index (Phi) is 8.33. The Morgan fingerprint density at radius 1 is 0.757 bits per heavy atom. The number of thiocarbonyl (C=S) groups is 1. The van der Waals surface area contributed by atoms with Crippen LogP contribution < -0.4 is 9.47 Å². The number of benzene rings is 3. The second kappa shape index (κ2) is 12.0. The first-order valence-electron chi connectivity index (χ1n) is 12.0. The van der Waals surface area contributed by atoms with Crippen molar-refractivity contribution in [3.8, 4) is 11.5 Å². The molecular formula is C28H26N2O4S3. The highest BCUT2D eigenvalue weighted by Crippen LogP contribution is 2.39. The molecular weight excluding hydrogens is 525 g/mol. The summed E-state index contributed by atoms with van der Waals surface area (Å²) in [4.78, 5) is 30.6. The van der Waals surface area contributed by atoms with Gasteiger partial charge in [-0.3, -0.25) is 14.5 Å². The molecule has 5 rings (SSSR count). The van der Waals surface area contributed by atoms with Gasteiger partial charge in [-0.05, 0) is 23.3 Å². The SMILES string of the molecule is O=C(c1ccc(C(=O)N2CCSC2=S)c(OCc2ccccc2)c1OCc1ccccc1)N1CCSC1. The smallest absolute Gasteiger partial charge is 0.263 e. The zero-order valence-electron chi connectivity index (χ0n) is 20.1. The summed E-state index contributed by atoms with van der Waals surface area (Å²) in [6, 6.07) is 22.8. The number of amides is 2. The molecule has 3 aromatic carbocycles. The molecule has 0 aliphatic carbocycles. The fraction of sp³-hybridized carbons (Fsp3) is 0.250. The van der Waals surface area contributed by atoms with Gasteiger partial charge in [-0.2, -0.15) is 0 Å². The highest BCUT2D eigenvalue weighted by Gasteiger charge is 2.32. The van der Waals surface area contributed by atoms with Crippen LogP contribution in [0.25, 0.3) is 0 Å². The Morgan fingerprint density at radius 2 is 1.32 bits per heavy atom. The molecule has 0 unspecified atom stereocenters. The number of thioether (sulfide) groups is 2. The molecule has 0 radical (unpaired) electrons. The van der Waals surface area contributed by atoms with E-state index < -0.39 is 0 Å². The van der Waals surface area contributed by atoms with Gasteiger partial charge in [0.05, 0.1) is 17.0 Å². The molecule has 9 heteroatoms. The molecule has 2 aliphatic heterocycles. The number of carbonyl (C=O) groups is 2. The van der Waals surface area contributed by atoms with E-state index in [1.165, 1.54) is 11.8 Å². The van der Waals surface area contributed by atoms with Gasteiger partial charge in [-0.15, -0.1) is 11.8 Å². The minimum atomic E-state index is -0.252. The van der Waals surface area contributed by atoms with Crippen LogP contribution in [0.4, 0.5) is 0 Å². The van der Waals surface area contributed by atoms with Crippen LogP contribution in [0.2, 0.25) is 0 Å². The number of hydrogen-bond acceptors (Lipinski definition) is 7. The maximum absolute atomic E-state index is 13.6. The van der Waals surface area contributed by atoms with Crippen LogP contribution in [0.5, 0.6) is 11.5 Å². The second-order valence-corrected chi connectivity index (χ2v) is 11.3. The summed E-state index contributed by atoms with van der Waals surface area (Å²) in [7, 11) is 0.